The van der Waals surface area contributed by atoms with E-state index in [1.807, 2.05) is 18.2 Å². The second-order valence-electron chi connectivity index (χ2n) is 11.6. The van der Waals surface area contributed by atoms with Crippen molar-refractivity contribution in [1.82, 2.24) is 20.1 Å². The fourth-order valence-corrected chi connectivity index (χ4v) is 6.40. The smallest absolute Gasteiger partial charge is 0.255 e. The zero-order valence-corrected chi connectivity index (χ0v) is 23.4. The maximum Gasteiger partial charge on any atom is 0.255 e. The number of pyridine rings is 1. The lowest BCUT2D eigenvalue weighted by Crippen LogP contribution is -2.52. The molecule has 1 aromatic heterocycles. The van der Waals surface area contributed by atoms with Crippen LogP contribution in [-0.2, 0) is 27.4 Å². The number of imide groups is 1. The maximum atomic E-state index is 13.0. The van der Waals surface area contributed by atoms with Crippen molar-refractivity contribution in [1.29, 1.82) is 0 Å². The van der Waals surface area contributed by atoms with Crippen molar-refractivity contribution in [3.05, 3.63) is 65.2 Å². The standard InChI is InChI=1S/C32H34N4O6/c37-29-7-6-28(31(38)34-29)36-18-22-16-24(3-4-26(22)32(36)39)41-25-9-12-35(19-25)17-20-1-5-27-21(15-20)2-8-30(33-27)42-23-10-13-40-14-11-23/h1-5,8,15-16,23,25,28H,6-7,9-14,17-19H2,(H,34,37,38). The van der Waals surface area contributed by atoms with E-state index >= 15 is 0 Å². The van der Waals surface area contributed by atoms with Crippen molar-refractivity contribution in [2.24, 2.45) is 0 Å². The molecule has 0 saturated carbocycles. The average Bonchev–Trinajstić information content (AvgIpc) is 3.56. The Morgan fingerprint density at radius 2 is 1.81 bits per heavy atom. The van der Waals surface area contributed by atoms with Crippen LogP contribution in [0.2, 0.25) is 0 Å². The molecule has 1 N–H and O–H groups in total. The summed E-state index contributed by atoms with van der Waals surface area (Å²) in [5.41, 5.74) is 3.60. The van der Waals surface area contributed by atoms with Crippen molar-refractivity contribution in [3.63, 3.8) is 0 Å². The number of hydrogen-bond acceptors (Lipinski definition) is 8. The molecule has 5 heterocycles. The van der Waals surface area contributed by atoms with Gasteiger partial charge >= 0.3 is 0 Å². The summed E-state index contributed by atoms with van der Waals surface area (Å²) in [5.74, 6) is 0.536. The topological polar surface area (TPSA) is 110 Å². The number of carbonyl (C=O) groups excluding carboxylic acids is 3. The lowest BCUT2D eigenvalue weighted by molar-refractivity contribution is -0.136. The Kier molecular flexibility index (Phi) is 7.25. The van der Waals surface area contributed by atoms with Crippen LogP contribution in [0.15, 0.2) is 48.5 Å². The monoisotopic (exact) mass is 570 g/mol. The van der Waals surface area contributed by atoms with Crippen LogP contribution in [0.1, 0.15) is 53.6 Å². The lowest BCUT2D eigenvalue weighted by atomic mass is 10.0. The predicted octanol–water partition coefficient (Wildman–Crippen LogP) is 3.21. The first kappa shape index (κ1) is 26.9. The molecule has 3 amide bonds. The number of benzene rings is 2. The molecule has 10 heteroatoms. The second kappa shape index (κ2) is 11.3. The number of rotatable bonds is 7. The van der Waals surface area contributed by atoms with E-state index in [0.29, 0.717) is 24.4 Å². The quantitative estimate of drug-likeness (QED) is 0.432. The first-order chi connectivity index (χ1) is 20.5. The van der Waals surface area contributed by atoms with Gasteiger partial charge in [0, 0.05) is 62.5 Å². The van der Waals surface area contributed by atoms with E-state index in [1.54, 1.807) is 11.0 Å². The average molecular weight is 571 g/mol. The van der Waals surface area contributed by atoms with Gasteiger partial charge in [-0.25, -0.2) is 4.98 Å². The highest BCUT2D eigenvalue weighted by Crippen LogP contribution is 2.31. The Hall–Kier alpha value is -4.02. The van der Waals surface area contributed by atoms with Gasteiger partial charge in [-0.2, -0.15) is 0 Å². The number of aromatic nitrogens is 1. The van der Waals surface area contributed by atoms with E-state index in [9.17, 15) is 14.4 Å². The minimum Gasteiger partial charge on any atom is -0.489 e. The molecule has 7 rings (SSSR count). The van der Waals surface area contributed by atoms with Gasteiger partial charge in [-0.05, 0) is 60.4 Å². The van der Waals surface area contributed by atoms with Crippen molar-refractivity contribution in [2.75, 3.05) is 26.3 Å². The number of amides is 3. The summed E-state index contributed by atoms with van der Waals surface area (Å²) in [6.07, 6.45) is 3.53. The first-order valence-corrected chi connectivity index (χ1v) is 14.8. The third kappa shape index (κ3) is 5.56. The molecule has 2 unspecified atom stereocenters. The fourth-order valence-electron chi connectivity index (χ4n) is 6.40. The van der Waals surface area contributed by atoms with Gasteiger partial charge in [0.1, 0.15) is 24.0 Å². The van der Waals surface area contributed by atoms with Crippen LogP contribution in [0.5, 0.6) is 11.6 Å². The normalized spacial score (nSPS) is 23.3. The van der Waals surface area contributed by atoms with E-state index in [4.69, 9.17) is 19.2 Å². The maximum absolute atomic E-state index is 13.0. The number of nitrogens with one attached hydrogen (secondary N) is 1. The largest absolute Gasteiger partial charge is 0.489 e. The van der Waals surface area contributed by atoms with Crippen LogP contribution in [0.4, 0.5) is 0 Å². The van der Waals surface area contributed by atoms with Gasteiger partial charge in [-0.1, -0.05) is 6.07 Å². The third-order valence-electron chi connectivity index (χ3n) is 8.62. The minimum absolute atomic E-state index is 0.0541. The predicted molar refractivity (Wildman–Crippen MR) is 153 cm³/mol. The molecule has 0 bridgehead atoms. The van der Waals surface area contributed by atoms with Gasteiger partial charge in [0.25, 0.3) is 5.91 Å². The highest BCUT2D eigenvalue weighted by molar-refractivity contribution is 6.05. The van der Waals surface area contributed by atoms with Gasteiger partial charge in [0.2, 0.25) is 17.7 Å². The van der Waals surface area contributed by atoms with Crippen molar-refractivity contribution >= 4 is 28.6 Å². The summed E-state index contributed by atoms with van der Waals surface area (Å²) in [5, 5.41) is 3.44. The van der Waals surface area contributed by atoms with Crippen LogP contribution >= 0.6 is 0 Å². The van der Waals surface area contributed by atoms with Gasteiger partial charge in [-0.15, -0.1) is 0 Å². The van der Waals surface area contributed by atoms with Crippen LogP contribution in [-0.4, -0.2) is 77.1 Å². The summed E-state index contributed by atoms with van der Waals surface area (Å²) in [6.45, 7) is 4.40. The third-order valence-corrected chi connectivity index (χ3v) is 8.62. The zero-order chi connectivity index (χ0) is 28.6. The van der Waals surface area contributed by atoms with Crippen molar-refractivity contribution in [2.45, 2.75) is 63.4 Å². The summed E-state index contributed by atoms with van der Waals surface area (Å²) in [4.78, 5) is 45.5. The SMILES string of the molecule is O=C1CCC(N2Cc3cc(OC4CCN(Cc5ccc6nc(OC7CCOCC7)ccc6c5)C4)ccc3C2=O)C(=O)N1. The highest BCUT2D eigenvalue weighted by atomic mass is 16.5. The molecule has 3 fully saturated rings. The van der Waals surface area contributed by atoms with E-state index in [-0.39, 0.29) is 30.4 Å². The molecule has 2 aromatic carbocycles. The van der Waals surface area contributed by atoms with Gasteiger partial charge in [-0.3, -0.25) is 24.6 Å². The molecule has 4 aliphatic rings. The minimum atomic E-state index is -0.617. The lowest BCUT2D eigenvalue weighted by Gasteiger charge is -2.29. The Bertz CT molecular complexity index is 1540. The molecular formula is C32H34N4O6. The summed E-state index contributed by atoms with van der Waals surface area (Å²) >= 11 is 0. The van der Waals surface area contributed by atoms with E-state index in [0.717, 1.165) is 74.3 Å². The molecule has 4 aliphatic heterocycles. The molecule has 10 nitrogen and oxygen atoms in total. The molecule has 42 heavy (non-hydrogen) atoms. The summed E-state index contributed by atoms with van der Waals surface area (Å²) in [7, 11) is 0. The molecule has 218 valence electrons. The number of piperidine rings is 1. The fraction of sp³-hybridized carbons (Fsp3) is 0.438. The number of carbonyl (C=O) groups is 3. The molecule has 0 radical (unpaired) electrons. The molecule has 0 spiro atoms. The first-order valence-electron chi connectivity index (χ1n) is 14.8. The van der Waals surface area contributed by atoms with Gasteiger partial charge < -0.3 is 19.1 Å². The Morgan fingerprint density at radius 1 is 0.929 bits per heavy atom. The molecule has 2 atom stereocenters. The molecular weight excluding hydrogens is 536 g/mol. The van der Waals surface area contributed by atoms with Crippen LogP contribution in [0.25, 0.3) is 10.9 Å². The van der Waals surface area contributed by atoms with E-state index in [1.165, 1.54) is 5.56 Å². The van der Waals surface area contributed by atoms with Crippen molar-refractivity contribution < 1.29 is 28.6 Å². The highest BCUT2D eigenvalue weighted by Gasteiger charge is 2.39. The number of hydrogen-bond donors (Lipinski definition) is 1. The Morgan fingerprint density at radius 3 is 2.67 bits per heavy atom. The van der Waals surface area contributed by atoms with Crippen molar-refractivity contribution in [3.8, 4) is 11.6 Å². The summed E-state index contributed by atoms with van der Waals surface area (Å²) < 4.78 is 17.8. The second-order valence-corrected chi connectivity index (χ2v) is 11.6. The zero-order valence-electron chi connectivity index (χ0n) is 23.4. The van der Waals surface area contributed by atoms with Crippen LogP contribution in [0, 0.1) is 0 Å². The van der Waals surface area contributed by atoms with Crippen LogP contribution < -0.4 is 14.8 Å². The number of nitrogens with zero attached hydrogens (tertiary/aromatic N) is 3. The van der Waals surface area contributed by atoms with E-state index < -0.39 is 11.9 Å². The number of ether oxygens (including phenoxy) is 3. The summed E-state index contributed by atoms with van der Waals surface area (Å²) in [6, 6.07) is 15.3. The van der Waals surface area contributed by atoms with E-state index in [2.05, 4.69) is 34.5 Å². The molecule has 3 aromatic rings. The number of fused-ring (bicyclic) bond motifs is 2. The van der Waals surface area contributed by atoms with Gasteiger partial charge in [0.15, 0.2) is 0 Å². The van der Waals surface area contributed by atoms with Crippen LogP contribution in [0.3, 0.4) is 0 Å². The number of likely N-dealkylation sites (tertiary alicyclic amines) is 1. The Labute approximate surface area is 243 Å². The van der Waals surface area contributed by atoms with Gasteiger partial charge in [0.05, 0.1) is 18.7 Å². The molecule has 3 saturated heterocycles. The Balaban J connectivity index is 0.943. The molecule has 0 aliphatic carbocycles.